The van der Waals surface area contributed by atoms with E-state index in [0.717, 1.165) is 26.1 Å². The first-order valence-corrected chi connectivity index (χ1v) is 6.11. The number of likely N-dealkylation sites (N-methyl/N-ethyl adjacent to an activating group) is 1. The largest absolute Gasteiger partial charge is 0.340 e. The second kappa shape index (κ2) is 5.15. The Morgan fingerprint density at radius 3 is 2.56 bits per heavy atom. The van der Waals surface area contributed by atoms with Gasteiger partial charge in [0.1, 0.15) is 0 Å². The standard InChI is InChI=1S/C12H25N3O/c1-5-10(13)8-11(16)15-7-6-14(4)12(2,3)9-15/h10H,5-9,13H2,1-4H3. The second-order valence-corrected chi connectivity index (χ2v) is 5.42. The van der Waals surface area contributed by atoms with Gasteiger partial charge in [0.15, 0.2) is 0 Å². The van der Waals surface area contributed by atoms with Gasteiger partial charge in [-0.1, -0.05) is 6.92 Å². The Bertz CT molecular complexity index is 253. The number of amides is 1. The first-order valence-electron chi connectivity index (χ1n) is 6.11. The molecule has 1 aliphatic heterocycles. The highest BCUT2D eigenvalue weighted by Crippen LogP contribution is 2.19. The average molecular weight is 227 g/mol. The summed E-state index contributed by atoms with van der Waals surface area (Å²) in [7, 11) is 2.11. The number of carbonyl (C=O) groups excluding carboxylic acids is 1. The molecule has 16 heavy (non-hydrogen) atoms. The van der Waals surface area contributed by atoms with Gasteiger partial charge in [-0.15, -0.1) is 0 Å². The van der Waals surface area contributed by atoms with Gasteiger partial charge in [0.05, 0.1) is 0 Å². The summed E-state index contributed by atoms with van der Waals surface area (Å²) in [4.78, 5) is 16.2. The summed E-state index contributed by atoms with van der Waals surface area (Å²) in [6.07, 6.45) is 1.35. The molecule has 1 heterocycles. The molecule has 1 unspecified atom stereocenters. The van der Waals surface area contributed by atoms with Crippen molar-refractivity contribution in [2.45, 2.75) is 45.2 Å². The summed E-state index contributed by atoms with van der Waals surface area (Å²) in [5.41, 5.74) is 5.89. The minimum Gasteiger partial charge on any atom is -0.340 e. The van der Waals surface area contributed by atoms with E-state index in [1.54, 1.807) is 0 Å². The number of piperazine rings is 1. The van der Waals surface area contributed by atoms with Crippen LogP contribution in [0.5, 0.6) is 0 Å². The molecule has 0 aromatic rings. The van der Waals surface area contributed by atoms with Crippen LogP contribution in [0, 0.1) is 0 Å². The van der Waals surface area contributed by atoms with Crippen LogP contribution in [0.1, 0.15) is 33.6 Å². The number of nitrogens with zero attached hydrogens (tertiary/aromatic N) is 2. The van der Waals surface area contributed by atoms with Crippen molar-refractivity contribution in [1.82, 2.24) is 9.80 Å². The maximum Gasteiger partial charge on any atom is 0.224 e. The summed E-state index contributed by atoms with van der Waals surface area (Å²) >= 11 is 0. The molecule has 0 radical (unpaired) electrons. The lowest BCUT2D eigenvalue weighted by atomic mass is 9.99. The lowest BCUT2D eigenvalue weighted by Crippen LogP contribution is -2.59. The van der Waals surface area contributed by atoms with Crippen LogP contribution in [0.3, 0.4) is 0 Å². The van der Waals surface area contributed by atoms with E-state index >= 15 is 0 Å². The quantitative estimate of drug-likeness (QED) is 0.771. The molecule has 1 aliphatic rings. The number of hydrogen-bond donors (Lipinski definition) is 1. The lowest BCUT2D eigenvalue weighted by molar-refractivity contribution is -0.136. The van der Waals surface area contributed by atoms with Crippen molar-refractivity contribution in [3.8, 4) is 0 Å². The number of rotatable bonds is 3. The van der Waals surface area contributed by atoms with E-state index in [-0.39, 0.29) is 17.5 Å². The molecule has 0 spiro atoms. The van der Waals surface area contributed by atoms with Crippen LogP contribution in [0.15, 0.2) is 0 Å². The summed E-state index contributed by atoms with van der Waals surface area (Å²) in [6.45, 7) is 8.94. The molecule has 0 saturated carbocycles. The summed E-state index contributed by atoms with van der Waals surface area (Å²) in [5.74, 6) is 0.204. The Labute approximate surface area is 98.8 Å². The first-order chi connectivity index (χ1) is 7.36. The van der Waals surface area contributed by atoms with Crippen molar-refractivity contribution in [3.63, 3.8) is 0 Å². The van der Waals surface area contributed by atoms with Crippen molar-refractivity contribution in [2.24, 2.45) is 5.73 Å². The first kappa shape index (κ1) is 13.5. The summed E-state index contributed by atoms with van der Waals surface area (Å²) < 4.78 is 0. The van der Waals surface area contributed by atoms with Crippen LogP contribution in [0.25, 0.3) is 0 Å². The van der Waals surface area contributed by atoms with Crippen molar-refractivity contribution in [1.29, 1.82) is 0 Å². The van der Waals surface area contributed by atoms with E-state index in [4.69, 9.17) is 5.73 Å². The Hall–Kier alpha value is -0.610. The molecule has 0 aromatic heterocycles. The Balaban J connectivity index is 2.52. The summed E-state index contributed by atoms with van der Waals surface area (Å²) in [6, 6.07) is 0.00951. The highest BCUT2D eigenvalue weighted by Gasteiger charge is 2.33. The molecule has 4 nitrogen and oxygen atoms in total. The zero-order valence-corrected chi connectivity index (χ0v) is 11.0. The normalized spacial score (nSPS) is 23.2. The van der Waals surface area contributed by atoms with Crippen LogP contribution < -0.4 is 5.73 Å². The number of hydrogen-bond acceptors (Lipinski definition) is 3. The lowest BCUT2D eigenvalue weighted by Gasteiger charge is -2.45. The molecule has 0 aromatic carbocycles. The van der Waals surface area contributed by atoms with Crippen LogP contribution in [0.4, 0.5) is 0 Å². The van der Waals surface area contributed by atoms with Crippen LogP contribution in [0.2, 0.25) is 0 Å². The van der Waals surface area contributed by atoms with Crippen LogP contribution in [-0.2, 0) is 4.79 Å². The fraction of sp³-hybridized carbons (Fsp3) is 0.917. The highest BCUT2D eigenvalue weighted by molar-refractivity contribution is 5.77. The van der Waals surface area contributed by atoms with E-state index in [2.05, 4.69) is 25.8 Å². The fourth-order valence-corrected chi connectivity index (χ4v) is 1.95. The monoisotopic (exact) mass is 227 g/mol. The third-order valence-electron chi connectivity index (χ3n) is 3.63. The van der Waals surface area contributed by atoms with Gasteiger partial charge in [-0.05, 0) is 27.3 Å². The van der Waals surface area contributed by atoms with Crippen molar-refractivity contribution >= 4 is 5.91 Å². The van der Waals surface area contributed by atoms with Gasteiger partial charge >= 0.3 is 0 Å². The molecule has 2 N–H and O–H groups in total. The predicted molar refractivity (Wildman–Crippen MR) is 66.2 cm³/mol. The van der Waals surface area contributed by atoms with Gasteiger partial charge in [0.2, 0.25) is 5.91 Å². The van der Waals surface area contributed by atoms with Crippen LogP contribution in [-0.4, -0.2) is 54.0 Å². The third kappa shape index (κ3) is 3.19. The predicted octanol–water partition coefficient (Wildman–Crippen LogP) is 0.666. The van der Waals surface area contributed by atoms with E-state index < -0.39 is 0 Å². The van der Waals surface area contributed by atoms with Gasteiger partial charge < -0.3 is 10.6 Å². The van der Waals surface area contributed by atoms with Crippen molar-refractivity contribution < 1.29 is 4.79 Å². The Kier molecular flexibility index (Phi) is 4.33. The second-order valence-electron chi connectivity index (χ2n) is 5.42. The van der Waals surface area contributed by atoms with Crippen molar-refractivity contribution in [3.05, 3.63) is 0 Å². The Morgan fingerprint density at radius 2 is 2.06 bits per heavy atom. The molecule has 1 fully saturated rings. The average Bonchev–Trinajstić information content (AvgIpc) is 2.21. The van der Waals surface area contributed by atoms with Crippen molar-refractivity contribution in [2.75, 3.05) is 26.7 Å². The van der Waals surface area contributed by atoms with Crippen LogP contribution >= 0.6 is 0 Å². The molecule has 1 amide bonds. The number of carbonyl (C=O) groups is 1. The van der Waals surface area contributed by atoms with E-state index in [0.29, 0.717) is 6.42 Å². The van der Waals surface area contributed by atoms with Gasteiger partial charge in [-0.3, -0.25) is 9.69 Å². The highest BCUT2D eigenvalue weighted by atomic mass is 16.2. The zero-order chi connectivity index (χ0) is 12.3. The molecule has 4 heteroatoms. The topological polar surface area (TPSA) is 49.6 Å². The molecule has 0 aliphatic carbocycles. The maximum absolute atomic E-state index is 12.0. The Morgan fingerprint density at radius 1 is 1.44 bits per heavy atom. The fourth-order valence-electron chi connectivity index (χ4n) is 1.95. The molecular weight excluding hydrogens is 202 g/mol. The SMILES string of the molecule is CCC(N)CC(=O)N1CCN(C)C(C)(C)C1. The van der Waals surface area contributed by atoms with Gasteiger partial charge in [-0.25, -0.2) is 0 Å². The summed E-state index contributed by atoms with van der Waals surface area (Å²) in [5, 5.41) is 0. The molecule has 1 atom stereocenters. The van der Waals surface area contributed by atoms with Gasteiger partial charge in [0.25, 0.3) is 0 Å². The van der Waals surface area contributed by atoms with Gasteiger partial charge in [-0.2, -0.15) is 0 Å². The molecule has 0 bridgehead atoms. The maximum atomic E-state index is 12.0. The minimum absolute atomic E-state index is 0.00951. The van der Waals surface area contributed by atoms with E-state index in [1.807, 2.05) is 11.8 Å². The zero-order valence-electron chi connectivity index (χ0n) is 11.0. The van der Waals surface area contributed by atoms with E-state index in [9.17, 15) is 4.79 Å². The molecular formula is C12H25N3O. The van der Waals surface area contributed by atoms with E-state index in [1.165, 1.54) is 0 Å². The number of nitrogens with two attached hydrogens (primary N) is 1. The third-order valence-corrected chi connectivity index (χ3v) is 3.63. The van der Waals surface area contributed by atoms with Gasteiger partial charge in [0, 0.05) is 37.6 Å². The molecule has 94 valence electrons. The minimum atomic E-state index is 0.00951. The molecule has 1 rings (SSSR count). The molecule has 1 saturated heterocycles. The smallest absolute Gasteiger partial charge is 0.224 e.